The van der Waals surface area contributed by atoms with Crippen LogP contribution in [0.4, 0.5) is 0 Å². The van der Waals surface area contributed by atoms with E-state index in [1.165, 1.54) is 0 Å². The van der Waals surface area contributed by atoms with Gasteiger partial charge in [0.2, 0.25) is 0 Å². The number of alkyl halides is 2. The Kier molecular flexibility index (Phi) is 5.95. The zero-order valence-corrected chi connectivity index (χ0v) is 9.98. The highest BCUT2D eigenvalue weighted by molar-refractivity contribution is 9.09. The number of halogens is 2. The summed E-state index contributed by atoms with van der Waals surface area (Å²) >= 11 is 6.52. The molecule has 0 aliphatic rings. The molecule has 0 saturated carbocycles. The summed E-state index contributed by atoms with van der Waals surface area (Å²) in [5.41, 5.74) is 0.323. The van der Waals surface area contributed by atoms with Gasteiger partial charge in [-0.05, 0) is 0 Å². The summed E-state index contributed by atoms with van der Waals surface area (Å²) in [7, 11) is 0. The van der Waals surface area contributed by atoms with Crippen LogP contribution >= 0.6 is 31.9 Å². The van der Waals surface area contributed by atoms with Crippen LogP contribution in [0.15, 0.2) is 0 Å². The molecule has 1 atom stereocenters. The number of hydrogen-bond donors (Lipinski definition) is 1. The van der Waals surface area contributed by atoms with E-state index in [1.54, 1.807) is 0 Å². The summed E-state index contributed by atoms with van der Waals surface area (Å²) in [6.45, 7) is 4.08. The molecule has 0 spiro atoms. The van der Waals surface area contributed by atoms with Gasteiger partial charge in [0.05, 0.1) is 12.7 Å². The fourth-order valence-corrected chi connectivity index (χ4v) is 2.04. The summed E-state index contributed by atoms with van der Waals surface area (Å²) in [4.78, 5) is 0. The van der Waals surface area contributed by atoms with Crippen molar-refractivity contribution in [1.82, 2.24) is 0 Å². The van der Waals surface area contributed by atoms with Gasteiger partial charge in [-0.2, -0.15) is 0 Å². The zero-order chi connectivity index (χ0) is 8.91. The van der Waals surface area contributed by atoms with Gasteiger partial charge in [-0.1, -0.05) is 45.7 Å². The van der Waals surface area contributed by atoms with Gasteiger partial charge in [-0.3, -0.25) is 0 Å². The molecule has 0 aromatic carbocycles. The molecule has 0 aromatic rings. The Morgan fingerprint density at radius 3 is 2.27 bits per heavy atom. The van der Waals surface area contributed by atoms with E-state index >= 15 is 0 Å². The Balaban J connectivity index is 3.99. The maximum atomic E-state index is 9.01. The monoisotopic (exact) mass is 288 g/mol. The van der Waals surface area contributed by atoms with E-state index in [1.807, 2.05) is 13.8 Å². The van der Waals surface area contributed by atoms with E-state index in [-0.39, 0.29) is 18.1 Å². The van der Waals surface area contributed by atoms with E-state index in [4.69, 9.17) is 9.84 Å². The lowest BCUT2D eigenvalue weighted by Crippen LogP contribution is -2.36. The quantitative estimate of drug-likeness (QED) is 0.786. The van der Waals surface area contributed by atoms with Gasteiger partial charge in [-0.25, -0.2) is 0 Å². The third-order valence-electron chi connectivity index (χ3n) is 1.68. The van der Waals surface area contributed by atoms with Crippen LogP contribution in [0.2, 0.25) is 0 Å². The summed E-state index contributed by atoms with van der Waals surface area (Å²) in [5.74, 6) is 0. The molecule has 1 N–H and O–H groups in total. The molecule has 0 heterocycles. The van der Waals surface area contributed by atoms with Gasteiger partial charge in [0.25, 0.3) is 0 Å². The summed E-state index contributed by atoms with van der Waals surface area (Å²) < 4.78 is 5.36. The van der Waals surface area contributed by atoms with E-state index < -0.39 is 0 Å². The van der Waals surface area contributed by atoms with Crippen molar-refractivity contribution in [2.75, 3.05) is 17.5 Å². The maximum Gasteiger partial charge on any atom is 0.102 e. The predicted molar refractivity (Wildman–Crippen MR) is 53.3 cm³/mol. The highest BCUT2D eigenvalue weighted by atomic mass is 79.9. The van der Waals surface area contributed by atoms with E-state index in [2.05, 4.69) is 31.9 Å². The smallest absolute Gasteiger partial charge is 0.102 e. The first-order valence-corrected chi connectivity index (χ1v) is 5.67. The lowest BCUT2D eigenvalue weighted by molar-refractivity contribution is -0.0129. The van der Waals surface area contributed by atoms with Gasteiger partial charge < -0.3 is 9.84 Å². The van der Waals surface area contributed by atoms with Crippen molar-refractivity contribution < 1.29 is 9.84 Å². The Morgan fingerprint density at radius 2 is 2.00 bits per heavy atom. The van der Waals surface area contributed by atoms with Gasteiger partial charge in [0, 0.05) is 10.7 Å². The molecule has 0 fully saturated rings. The third kappa shape index (κ3) is 3.87. The van der Waals surface area contributed by atoms with Crippen LogP contribution < -0.4 is 0 Å². The third-order valence-corrected chi connectivity index (χ3v) is 2.54. The van der Waals surface area contributed by atoms with Crippen molar-refractivity contribution in [3.05, 3.63) is 0 Å². The van der Waals surface area contributed by atoms with Crippen molar-refractivity contribution in [1.29, 1.82) is 0 Å². The van der Waals surface area contributed by atoms with Gasteiger partial charge >= 0.3 is 0 Å². The number of rotatable bonds is 5. The Labute approximate surface area is 84.6 Å². The molecule has 0 aliphatic carbocycles. The van der Waals surface area contributed by atoms with Crippen LogP contribution in [0.25, 0.3) is 0 Å². The van der Waals surface area contributed by atoms with E-state index in [0.717, 1.165) is 5.33 Å². The predicted octanol–water partition coefficient (Wildman–Crippen LogP) is 2.14. The molecular formula is C7H14Br2O2. The Bertz CT molecular complexity index is 107. The van der Waals surface area contributed by atoms with Gasteiger partial charge in [0.15, 0.2) is 0 Å². The minimum absolute atomic E-state index is 0.0480. The fraction of sp³-hybridized carbons (Fsp3) is 1.00. The molecule has 4 heteroatoms. The number of hydrogen-bond acceptors (Lipinski definition) is 2. The first-order chi connectivity index (χ1) is 5.08. The van der Waals surface area contributed by atoms with E-state index in [9.17, 15) is 0 Å². The maximum absolute atomic E-state index is 9.01. The number of ether oxygens (including phenoxy) is 1. The molecule has 0 aliphatic heterocycles. The summed E-state index contributed by atoms with van der Waals surface area (Å²) in [6, 6.07) is 0. The average molecular weight is 290 g/mol. The molecular weight excluding hydrogens is 276 g/mol. The second kappa shape index (κ2) is 5.51. The molecule has 0 amide bonds. The Hall–Kier alpha value is 0.880. The topological polar surface area (TPSA) is 29.5 Å². The van der Waals surface area contributed by atoms with Crippen molar-refractivity contribution in [3.63, 3.8) is 0 Å². The highest BCUT2D eigenvalue weighted by Gasteiger charge is 2.28. The lowest BCUT2D eigenvalue weighted by Gasteiger charge is -2.30. The first-order valence-electron chi connectivity index (χ1n) is 3.43. The zero-order valence-electron chi connectivity index (χ0n) is 6.81. The molecule has 0 rings (SSSR count). The summed E-state index contributed by atoms with van der Waals surface area (Å²) in [5, 5.41) is 9.75. The minimum Gasteiger partial charge on any atom is -0.396 e. The number of aliphatic hydroxyl groups excluding tert-OH is 1. The van der Waals surface area contributed by atoms with Crippen molar-refractivity contribution in [2.24, 2.45) is 5.41 Å². The lowest BCUT2D eigenvalue weighted by atomic mass is 9.89. The number of aliphatic hydroxyl groups is 1. The van der Waals surface area contributed by atoms with Crippen LogP contribution in [-0.4, -0.2) is 28.7 Å². The Morgan fingerprint density at radius 1 is 1.45 bits per heavy atom. The molecule has 11 heavy (non-hydrogen) atoms. The van der Waals surface area contributed by atoms with Gasteiger partial charge in [0.1, 0.15) is 5.52 Å². The van der Waals surface area contributed by atoms with Crippen LogP contribution in [0, 0.1) is 5.41 Å². The fourth-order valence-electron chi connectivity index (χ4n) is 0.657. The SMILES string of the molecule is CC(C)(CO)C(CBr)OCBr. The minimum atomic E-state index is -0.183. The van der Waals surface area contributed by atoms with Crippen LogP contribution in [-0.2, 0) is 4.74 Å². The molecule has 1 unspecified atom stereocenters. The van der Waals surface area contributed by atoms with Crippen LogP contribution in [0.5, 0.6) is 0 Å². The molecule has 2 nitrogen and oxygen atoms in total. The van der Waals surface area contributed by atoms with Crippen molar-refractivity contribution in [2.45, 2.75) is 20.0 Å². The molecule has 68 valence electrons. The first kappa shape index (κ1) is 11.9. The van der Waals surface area contributed by atoms with Crippen molar-refractivity contribution >= 4 is 31.9 Å². The van der Waals surface area contributed by atoms with Crippen molar-refractivity contribution in [3.8, 4) is 0 Å². The second-order valence-corrected chi connectivity index (χ2v) is 4.17. The highest BCUT2D eigenvalue weighted by Crippen LogP contribution is 2.24. The standard InChI is InChI=1S/C7H14Br2O2/c1-7(2,4-10)6(3-8)11-5-9/h6,10H,3-5H2,1-2H3. The largest absolute Gasteiger partial charge is 0.396 e. The molecule has 0 radical (unpaired) electrons. The summed E-state index contributed by atoms with van der Waals surface area (Å²) in [6.07, 6.45) is 0.0480. The molecule has 0 bridgehead atoms. The second-order valence-electron chi connectivity index (χ2n) is 3.07. The van der Waals surface area contributed by atoms with Crippen LogP contribution in [0.1, 0.15) is 13.8 Å². The van der Waals surface area contributed by atoms with Crippen LogP contribution in [0.3, 0.4) is 0 Å². The van der Waals surface area contributed by atoms with Gasteiger partial charge in [-0.15, -0.1) is 0 Å². The molecule has 0 saturated heterocycles. The normalized spacial score (nSPS) is 15.0. The molecule has 0 aromatic heterocycles. The van der Waals surface area contributed by atoms with E-state index in [0.29, 0.717) is 5.52 Å². The average Bonchev–Trinajstić information content (AvgIpc) is 2.00.